The molecule has 0 unspecified atom stereocenters. The molecule has 1 heterocycles. The van der Waals surface area contributed by atoms with Gasteiger partial charge in [0.05, 0.1) is 0 Å². The second-order valence-electron chi connectivity index (χ2n) is 11.2. The normalized spacial score (nSPS) is 14.5. The van der Waals surface area contributed by atoms with Crippen molar-refractivity contribution in [2.45, 2.75) is 90.7 Å². The van der Waals surface area contributed by atoms with Gasteiger partial charge in [0.1, 0.15) is 6.21 Å². The second kappa shape index (κ2) is 25.2. The Balaban J connectivity index is 0. The summed E-state index contributed by atoms with van der Waals surface area (Å²) in [5.41, 5.74) is 7.50. The Morgan fingerprint density at radius 3 is 1.28 bits per heavy atom. The van der Waals surface area contributed by atoms with E-state index in [1.54, 1.807) is 0 Å². The first-order chi connectivity index (χ1) is 21.2. The van der Waals surface area contributed by atoms with Crippen LogP contribution in [0.3, 0.4) is 0 Å². The van der Waals surface area contributed by atoms with Gasteiger partial charge in [-0.05, 0) is 49.1 Å². The first-order valence-corrected chi connectivity index (χ1v) is 16.9. The van der Waals surface area contributed by atoms with E-state index in [4.69, 9.17) is 4.65 Å². The molecule has 4 rings (SSSR count). The van der Waals surface area contributed by atoms with Gasteiger partial charge >= 0.3 is 38.0 Å². The molecule has 2 aromatic carbocycles. The molecule has 46 heavy (non-hydrogen) atoms. The van der Waals surface area contributed by atoms with Crippen LogP contribution < -0.4 is 4.99 Å². The molecule has 0 spiro atoms. The summed E-state index contributed by atoms with van der Waals surface area (Å²) in [5.74, 6) is 0. The van der Waals surface area contributed by atoms with Crippen molar-refractivity contribution < 1.29 is 46.4 Å². The van der Waals surface area contributed by atoms with Crippen molar-refractivity contribution in [3.8, 4) is 0 Å². The van der Waals surface area contributed by atoms with E-state index in [0.29, 0.717) is 0 Å². The molecule has 5 radical (unpaired) electrons. The summed E-state index contributed by atoms with van der Waals surface area (Å²) in [6.45, 7) is 23.0. The maximum atomic E-state index is 9.75. The summed E-state index contributed by atoms with van der Waals surface area (Å²) < 4.78 is 46.5. The molecule has 9 heteroatoms. The third-order valence-corrected chi connectivity index (χ3v) is 10.6. The number of nitrogens with one attached hydrogen (secondary N) is 1. The molecule has 0 saturated heterocycles. The van der Waals surface area contributed by atoms with Crippen LogP contribution in [-0.2, 0) is 24.1 Å². The minimum atomic E-state index is -6.00. The van der Waals surface area contributed by atoms with E-state index < -0.39 is 7.25 Å². The fraction of sp³-hybridized carbons (Fsp3) is 0.378. The minimum Gasteiger partial charge on any atom is -0.0312 e. The van der Waals surface area contributed by atoms with E-state index in [9.17, 15) is 17.3 Å². The molecule has 1 aliphatic carbocycles. The van der Waals surface area contributed by atoms with Crippen LogP contribution in [0.15, 0.2) is 78.4 Å². The van der Waals surface area contributed by atoms with Crippen LogP contribution in [0.5, 0.6) is 0 Å². The van der Waals surface area contributed by atoms with Crippen LogP contribution in [0.25, 0.3) is 5.57 Å². The largest absolute Gasteiger partial charge is 2.00 e. The van der Waals surface area contributed by atoms with Gasteiger partial charge in [-0.2, -0.15) is 6.08 Å². The van der Waals surface area contributed by atoms with E-state index in [1.807, 2.05) is 32.1 Å². The molecule has 251 valence electrons. The maximum absolute atomic E-state index is 9.75. The molecule has 1 saturated carbocycles. The number of hydrogen-bond acceptors (Lipinski definition) is 0. The Morgan fingerprint density at radius 1 is 0.739 bits per heavy atom. The summed E-state index contributed by atoms with van der Waals surface area (Å²) in [7, 11) is -5.74. The number of rotatable bonds is 7. The predicted octanol–water partition coefficient (Wildman–Crippen LogP) is 9.62. The van der Waals surface area contributed by atoms with Gasteiger partial charge < -0.3 is 17.3 Å². The Bertz CT molecular complexity index is 1070. The molecule has 1 N–H and O–H groups in total. The molecule has 2 aromatic rings. The van der Waals surface area contributed by atoms with Gasteiger partial charge in [-0.1, -0.05) is 141 Å². The average Bonchev–Trinajstić information content (AvgIpc) is 3.60. The quantitative estimate of drug-likeness (QED) is 0.0965. The van der Waals surface area contributed by atoms with Crippen molar-refractivity contribution in [1.29, 1.82) is 0 Å². The van der Waals surface area contributed by atoms with Crippen molar-refractivity contribution in [2.75, 3.05) is 0 Å². The molecule has 2 nitrogen and oxygen atoms in total. The van der Waals surface area contributed by atoms with Crippen LogP contribution in [0, 0.1) is 38.8 Å². The molecule has 2 aliphatic rings. The third-order valence-electron chi connectivity index (χ3n) is 7.02. The zero-order chi connectivity index (χ0) is 34.5. The van der Waals surface area contributed by atoms with Gasteiger partial charge in [0.25, 0.3) is 0 Å². The maximum Gasteiger partial charge on any atom is 2.00 e. The van der Waals surface area contributed by atoms with Crippen molar-refractivity contribution in [1.82, 2.24) is 0 Å². The fourth-order valence-corrected chi connectivity index (χ4v) is 8.70. The zero-order valence-electron chi connectivity index (χ0n) is 28.3. The van der Waals surface area contributed by atoms with Crippen molar-refractivity contribution in [3.05, 3.63) is 128 Å². The summed E-state index contributed by atoms with van der Waals surface area (Å²) >= 11 is 0. The second-order valence-corrected chi connectivity index (χ2v) is 15.1. The van der Waals surface area contributed by atoms with Gasteiger partial charge in [0.2, 0.25) is 0 Å². The van der Waals surface area contributed by atoms with Crippen LogP contribution in [-0.4, -0.2) is 36.0 Å². The molecular formula is C37H49BF4NOPRu+. The van der Waals surface area contributed by atoms with Gasteiger partial charge in [-0.3, -0.25) is 4.99 Å². The Hall–Kier alpha value is -1.83. The first-order valence-electron chi connectivity index (χ1n) is 15.3. The summed E-state index contributed by atoms with van der Waals surface area (Å²) in [6.07, 6.45) is 20.1. The van der Waals surface area contributed by atoms with E-state index in [0.717, 1.165) is 35.4 Å². The summed E-state index contributed by atoms with van der Waals surface area (Å²) in [4.78, 5) is 3.51. The Kier molecular flexibility index (Phi) is 25.4. The standard InChI is InChI=1S/C22H23N.C9H21P.C5H5.CO.BF4.Ru/c1-3-22(4-2)16-15-20(17-23-22)21(18-11-7-5-8-12-18)19-13-9-6-10-14-19;1-7(2)10(8(3)4)9(5)6;1-2-4-5-3-1;1-2;2-1(3,4)5;/h5-16,23H,3-4H2,1-2H3;7-9H,1-6H3;1-5H;;;/q;;;;-1;+2. The first kappa shape index (κ1) is 46.3. The van der Waals surface area contributed by atoms with Crippen LogP contribution >= 0.6 is 7.92 Å². The molecular weight excluding hydrogens is 693 g/mol. The van der Waals surface area contributed by atoms with Crippen molar-refractivity contribution in [2.24, 2.45) is 0 Å². The van der Waals surface area contributed by atoms with Gasteiger partial charge in [-0.15, -0.1) is 11.1 Å². The predicted molar refractivity (Wildman–Crippen MR) is 185 cm³/mol. The van der Waals surface area contributed by atoms with E-state index in [1.165, 1.54) is 16.7 Å². The zero-order valence-corrected chi connectivity index (χ0v) is 30.9. The van der Waals surface area contributed by atoms with Gasteiger partial charge in [0, 0.05) is 12.8 Å². The summed E-state index contributed by atoms with van der Waals surface area (Å²) in [5, 5.41) is 0. The SMILES string of the molecule is CC(C)P(C(C)C)C(C)C.CCC1(CC)C=CC(=C(c2ccccc2)c2ccccc2)[C-]=[NH+]1.F[B-](F)(F)F.[C-]#[O+].[CH]1[CH][CH][CH][CH]1.[Ru+2]. The summed E-state index contributed by atoms with van der Waals surface area (Å²) in [6, 6.07) is 21.1. The third kappa shape index (κ3) is 19.1. The van der Waals surface area contributed by atoms with E-state index >= 15 is 0 Å². The number of benzene rings is 2. The van der Waals surface area contributed by atoms with Crippen molar-refractivity contribution in [3.63, 3.8) is 0 Å². The molecule has 0 aromatic heterocycles. The van der Waals surface area contributed by atoms with Crippen LogP contribution in [0.1, 0.15) is 79.4 Å². The van der Waals surface area contributed by atoms with Crippen molar-refractivity contribution >= 4 is 27.0 Å². The van der Waals surface area contributed by atoms with Gasteiger partial charge in [0.15, 0.2) is 5.54 Å². The monoisotopic (exact) mass is 743 g/mol. The van der Waals surface area contributed by atoms with Gasteiger partial charge in [-0.25, -0.2) is 0 Å². The fourth-order valence-electron chi connectivity index (χ4n) is 5.12. The van der Waals surface area contributed by atoms with E-state index in [2.05, 4.69) is 146 Å². The number of allylic oxidation sites excluding steroid dienone is 2. The number of halogens is 4. The molecule has 0 amide bonds. The van der Waals surface area contributed by atoms with Crippen LogP contribution in [0.2, 0.25) is 0 Å². The smallest absolute Gasteiger partial charge is 0.0312 e. The Morgan fingerprint density at radius 2 is 1.07 bits per heavy atom. The molecule has 1 fully saturated rings. The van der Waals surface area contributed by atoms with E-state index in [-0.39, 0.29) is 32.9 Å². The molecule has 0 bridgehead atoms. The molecule has 0 atom stereocenters. The number of hydrogen-bond donors (Lipinski definition) is 1. The topological polar surface area (TPSA) is 33.9 Å². The Labute approximate surface area is 291 Å². The average molecular weight is 743 g/mol. The minimum absolute atomic E-state index is 0. The van der Waals surface area contributed by atoms with Crippen LogP contribution in [0.4, 0.5) is 17.3 Å². The molecule has 1 aliphatic heterocycles.